The van der Waals surface area contributed by atoms with Crippen LogP contribution in [0.25, 0.3) is 10.9 Å². The van der Waals surface area contributed by atoms with Crippen LogP contribution in [0.2, 0.25) is 5.02 Å². The van der Waals surface area contributed by atoms with Crippen LogP contribution in [0.3, 0.4) is 0 Å². The molecule has 0 bridgehead atoms. The van der Waals surface area contributed by atoms with Crippen molar-refractivity contribution in [3.63, 3.8) is 0 Å². The Morgan fingerprint density at radius 1 is 1.11 bits per heavy atom. The number of benzene rings is 3. The molecule has 0 aliphatic heterocycles. The van der Waals surface area contributed by atoms with Crippen LogP contribution < -0.4 is 15.0 Å². The lowest BCUT2D eigenvalue weighted by atomic mass is 10.2. The van der Waals surface area contributed by atoms with E-state index in [1.54, 1.807) is 24.4 Å². The Morgan fingerprint density at radius 2 is 1.89 bits per heavy atom. The van der Waals surface area contributed by atoms with Gasteiger partial charge in [0.05, 0.1) is 28.7 Å². The van der Waals surface area contributed by atoms with E-state index < -0.39 is 0 Å². The molecule has 0 aliphatic carbocycles. The first kappa shape index (κ1) is 24.9. The summed E-state index contributed by atoms with van der Waals surface area (Å²) in [5.41, 5.74) is 2.08. The minimum atomic E-state index is -0.241. The van der Waals surface area contributed by atoms with E-state index in [-0.39, 0.29) is 11.5 Å². The van der Waals surface area contributed by atoms with E-state index in [9.17, 15) is 4.79 Å². The third kappa shape index (κ3) is 5.74. The summed E-state index contributed by atoms with van der Waals surface area (Å²) >= 11 is 10.00. The van der Waals surface area contributed by atoms with Gasteiger partial charge in [-0.05, 0) is 48.4 Å². The molecule has 8 heteroatoms. The van der Waals surface area contributed by atoms with Crippen molar-refractivity contribution in [3.05, 3.63) is 97.5 Å². The standard InChI is InChI=1S/C27H25BrClN3O3/c1-4-34-24-13-19(12-22(29)25(24)35-16-18-8-6-5-7-9-18)15-30-32-26(17(2)3)31-23-11-10-20(28)14-21(23)27(32)33/h5-15,17H,4,16H2,1-3H3. The lowest BCUT2D eigenvalue weighted by Crippen LogP contribution is -2.23. The van der Waals surface area contributed by atoms with Crippen LogP contribution in [-0.4, -0.2) is 22.5 Å². The molecule has 3 aromatic carbocycles. The van der Waals surface area contributed by atoms with E-state index in [0.717, 1.165) is 10.0 Å². The fourth-order valence-corrected chi connectivity index (χ4v) is 4.21. The van der Waals surface area contributed by atoms with Gasteiger partial charge in [-0.2, -0.15) is 9.78 Å². The zero-order valence-electron chi connectivity index (χ0n) is 19.7. The number of rotatable bonds is 8. The topological polar surface area (TPSA) is 65.7 Å². The molecule has 0 atom stereocenters. The van der Waals surface area contributed by atoms with Crippen molar-refractivity contribution < 1.29 is 9.47 Å². The third-order valence-electron chi connectivity index (χ3n) is 5.23. The Kier molecular flexibility index (Phi) is 7.88. The Balaban J connectivity index is 1.71. The van der Waals surface area contributed by atoms with Crippen LogP contribution in [0.5, 0.6) is 11.5 Å². The highest BCUT2D eigenvalue weighted by atomic mass is 79.9. The van der Waals surface area contributed by atoms with Crippen LogP contribution in [0.15, 0.2) is 75.0 Å². The second-order valence-corrected chi connectivity index (χ2v) is 9.51. The van der Waals surface area contributed by atoms with Crippen LogP contribution in [-0.2, 0) is 6.61 Å². The summed E-state index contributed by atoms with van der Waals surface area (Å²) in [5.74, 6) is 1.53. The highest BCUT2D eigenvalue weighted by molar-refractivity contribution is 9.10. The molecule has 0 saturated carbocycles. The van der Waals surface area contributed by atoms with E-state index in [2.05, 4.69) is 26.0 Å². The van der Waals surface area contributed by atoms with Gasteiger partial charge in [0.2, 0.25) is 0 Å². The highest BCUT2D eigenvalue weighted by Crippen LogP contribution is 2.37. The van der Waals surface area contributed by atoms with Gasteiger partial charge in [0.25, 0.3) is 5.56 Å². The monoisotopic (exact) mass is 553 g/mol. The number of nitrogens with zero attached hydrogens (tertiary/aromatic N) is 3. The van der Waals surface area contributed by atoms with Crippen molar-refractivity contribution in [2.75, 3.05) is 6.61 Å². The van der Waals surface area contributed by atoms with Gasteiger partial charge in [-0.15, -0.1) is 0 Å². The van der Waals surface area contributed by atoms with Gasteiger partial charge in [-0.25, -0.2) is 4.98 Å². The Labute approximate surface area is 217 Å². The summed E-state index contributed by atoms with van der Waals surface area (Å²) in [6, 6.07) is 18.8. The predicted molar refractivity (Wildman–Crippen MR) is 144 cm³/mol. The number of aromatic nitrogens is 2. The van der Waals surface area contributed by atoms with Crippen molar-refractivity contribution in [3.8, 4) is 11.5 Å². The molecule has 0 fully saturated rings. The van der Waals surface area contributed by atoms with Crippen molar-refractivity contribution in [2.45, 2.75) is 33.3 Å². The minimum Gasteiger partial charge on any atom is -0.490 e. The molecule has 6 nitrogen and oxygen atoms in total. The molecule has 35 heavy (non-hydrogen) atoms. The summed E-state index contributed by atoms with van der Waals surface area (Å²) in [7, 11) is 0. The van der Waals surface area contributed by atoms with Crippen molar-refractivity contribution in [1.29, 1.82) is 0 Å². The summed E-state index contributed by atoms with van der Waals surface area (Å²) in [6.45, 7) is 6.64. The fourth-order valence-electron chi connectivity index (χ4n) is 3.57. The lowest BCUT2D eigenvalue weighted by molar-refractivity contribution is 0.269. The predicted octanol–water partition coefficient (Wildman–Crippen LogP) is 6.80. The Hall–Kier alpha value is -3.16. The third-order valence-corrected chi connectivity index (χ3v) is 6.00. The first-order valence-corrected chi connectivity index (χ1v) is 12.4. The molecule has 0 amide bonds. The van der Waals surface area contributed by atoms with Gasteiger partial charge >= 0.3 is 0 Å². The highest BCUT2D eigenvalue weighted by Gasteiger charge is 2.15. The SMILES string of the molecule is CCOc1cc(C=Nn2c(C(C)C)nc3ccc(Br)cc3c2=O)cc(Cl)c1OCc1ccccc1. The van der Waals surface area contributed by atoms with Crippen molar-refractivity contribution >= 4 is 44.6 Å². The van der Waals surface area contributed by atoms with Gasteiger partial charge < -0.3 is 9.47 Å². The van der Waals surface area contributed by atoms with Crippen LogP contribution >= 0.6 is 27.5 Å². The number of halogens is 2. The number of hydrogen-bond donors (Lipinski definition) is 0. The van der Waals surface area contributed by atoms with Crippen molar-refractivity contribution in [1.82, 2.24) is 9.66 Å². The molecule has 1 heterocycles. The fraction of sp³-hybridized carbons (Fsp3) is 0.222. The second kappa shape index (κ2) is 11.1. The average Bonchev–Trinajstić information content (AvgIpc) is 2.84. The maximum atomic E-state index is 13.3. The van der Waals surface area contributed by atoms with Crippen LogP contribution in [0, 0.1) is 0 Å². The first-order valence-electron chi connectivity index (χ1n) is 11.3. The molecular weight excluding hydrogens is 530 g/mol. The van der Waals surface area contributed by atoms with Gasteiger partial charge in [-0.1, -0.05) is 71.7 Å². The Morgan fingerprint density at radius 3 is 2.60 bits per heavy atom. The second-order valence-electron chi connectivity index (χ2n) is 8.18. The molecule has 4 rings (SSSR count). The molecule has 0 aliphatic rings. The summed E-state index contributed by atoms with van der Waals surface area (Å²) in [6.07, 6.45) is 1.58. The number of hydrogen-bond acceptors (Lipinski definition) is 5. The molecule has 4 aromatic rings. The molecular formula is C27H25BrClN3O3. The minimum absolute atomic E-state index is 0.00997. The van der Waals surface area contributed by atoms with Gasteiger partial charge in [0, 0.05) is 10.4 Å². The molecule has 0 radical (unpaired) electrons. The summed E-state index contributed by atoms with van der Waals surface area (Å²) < 4.78 is 13.9. The van der Waals surface area contributed by atoms with E-state index in [1.807, 2.05) is 63.2 Å². The van der Waals surface area contributed by atoms with Gasteiger partial charge in [0.15, 0.2) is 11.5 Å². The zero-order valence-corrected chi connectivity index (χ0v) is 22.0. The van der Waals surface area contributed by atoms with Crippen molar-refractivity contribution in [2.24, 2.45) is 5.10 Å². The van der Waals surface area contributed by atoms with E-state index in [1.165, 1.54) is 4.68 Å². The largest absolute Gasteiger partial charge is 0.490 e. The van der Waals surface area contributed by atoms with Gasteiger partial charge in [-0.3, -0.25) is 4.79 Å². The molecule has 1 aromatic heterocycles. The van der Waals surface area contributed by atoms with Gasteiger partial charge in [0.1, 0.15) is 12.4 Å². The number of fused-ring (bicyclic) bond motifs is 1. The molecule has 0 saturated heterocycles. The lowest BCUT2D eigenvalue weighted by Gasteiger charge is -2.15. The molecule has 180 valence electrons. The summed E-state index contributed by atoms with van der Waals surface area (Å²) in [5, 5.41) is 5.37. The quantitative estimate of drug-likeness (QED) is 0.225. The van der Waals surface area contributed by atoms with E-state index >= 15 is 0 Å². The average molecular weight is 555 g/mol. The summed E-state index contributed by atoms with van der Waals surface area (Å²) in [4.78, 5) is 17.9. The maximum absolute atomic E-state index is 13.3. The van der Waals surface area contributed by atoms with E-state index in [4.69, 9.17) is 21.1 Å². The number of ether oxygens (including phenoxy) is 2. The smallest absolute Gasteiger partial charge is 0.282 e. The maximum Gasteiger partial charge on any atom is 0.282 e. The van der Waals surface area contributed by atoms with E-state index in [0.29, 0.717) is 52.0 Å². The normalized spacial score (nSPS) is 11.5. The molecule has 0 N–H and O–H groups in total. The zero-order chi connectivity index (χ0) is 24.9. The van der Waals surface area contributed by atoms with Crippen LogP contribution in [0.1, 0.15) is 43.6 Å². The Bertz CT molecular complexity index is 1440. The van der Waals surface area contributed by atoms with Crippen LogP contribution in [0.4, 0.5) is 0 Å². The molecule has 0 unspecified atom stereocenters. The first-order chi connectivity index (χ1) is 16.9. The molecule has 0 spiro atoms.